The minimum atomic E-state index is -0.450. The lowest BCUT2D eigenvalue weighted by Crippen LogP contribution is -2.20. The average molecular weight is 254 g/mol. The lowest BCUT2D eigenvalue weighted by atomic mass is 10.1. The summed E-state index contributed by atoms with van der Waals surface area (Å²) in [5.41, 5.74) is 1.74. The van der Waals surface area contributed by atoms with Crippen molar-refractivity contribution in [1.29, 1.82) is 0 Å². The molecule has 3 rings (SSSR count). The van der Waals surface area contributed by atoms with Crippen molar-refractivity contribution in [1.82, 2.24) is 0 Å². The summed E-state index contributed by atoms with van der Waals surface area (Å²) in [6, 6.07) is 15.6. The number of hydrogen-bond acceptors (Lipinski definition) is 2. The Morgan fingerprint density at radius 3 is 2.42 bits per heavy atom. The van der Waals surface area contributed by atoms with Crippen LogP contribution in [0.3, 0.4) is 0 Å². The largest absolute Gasteiger partial charge is 0.272 e. The maximum atomic E-state index is 13.7. The number of hydrazone groups is 1. The zero-order valence-electron chi connectivity index (χ0n) is 10.1. The Kier molecular flexibility index (Phi) is 2.83. The fourth-order valence-electron chi connectivity index (χ4n) is 2.03. The highest BCUT2D eigenvalue weighted by Crippen LogP contribution is 2.25. The van der Waals surface area contributed by atoms with E-state index in [0.717, 1.165) is 10.6 Å². The molecular weight excluding hydrogens is 243 g/mol. The molecule has 0 aliphatic carbocycles. The van der Waals surface area contributed by atoms with E-state index < -0.39 is 5.82 Å². The van der Waals surface area contributed by atoms with E-state index in [1.165, 1.54) is 6.07 Å². The Morgan fingerprint density at radius 1 is 1.00 bits per heavy atom. The number of nitrogens with zero attached hydrogens (tertiary/aromatic N) is 2. The van der Waals surface area contributed by atoms with Gasteiger partial charge in [0.2, 0.25) is 0 Å². The summed E-state index contributed by atoms with van der Waals surface area (Å²) in [4.78, 5) is 12.0. The van der Waals surface area contributed by atoms with Crippen LogP contribution in [0.4, 0.5) is 10.1 Å². The molecular formula is C15H11FN2O. The molecule has 2 aromatic carbocycles. The minimum Gasteiger partial charge on any atom is -0.272 e. The average Bonchev–Trinajstić information content (AvgIpc) is 2.82. The van der Waals surface area contributed by atoms with Crippen molar-refractivity contribution in [2.45, 2.75) is 6.42 Å². The fraction of sp³-hybridized carbons (Fsp3) is 0.0667. The molecule has 0 saturated carbocycles. The van der Waals surface area contributed by atoms with Gasteiger partial charge in [0, 0.05) is 0 Å². The lowest BCUT2D eigenvalue weighted by Gasteiger charge is -2.11. The van der Waals surface area contributed by atoms with E-state index in [2.05, 4.69) is 5.10 Å². The minimum absolute atomic E-state index is 0.193. The second kappa shape index (κ2) is 4.65. The van der Waals surface area contributed by atoms with Crippen LogP contribution in [-0.4, -0.2) is 11.6 Å². The number of anilines is 1. The normalized spacial score (nSPS) is 14.7. The first-order valence-electron chi connectivity index (χ1n) is 5.96. The van der Waals surface area contributed by atoms with Crippen molar-refractivity contribution in [2.75, 3.05) is 5.01 Å². The van der Waals surface area contributed by atoms with Crippen LogP contribution < -0.4 is 5.01 Å². The van der Waals surface area contributed by atoms with Gasteiger partial charge in [-0.3, -0.25) is 4.79 Å². The first-order valence-corrected chi connectivity index (χ1v) is 5.96. The third kappa shape index (κ3) is 2.12. The predicted octanol–water partition coefficient (Wildman–Crippen LogP) is 2.97. The predicted molar refractivity (Wildman–Crippen MR) is 71.5 cm³/mol. The van der Waals surface area contributed by atoms with E-state index in [4.69, 9.17) is 0 Å². The molecule has 3 nitrogen and oxygen atoms in total. The summed E-state index contributed by atoms with van der Waals surface area (Å²) in [6.07, 6.45) is 0.193. The van der Waals surface area contributed by atoms with Gasteiger partial charge in [0.25, 0.3) is 5.91 Å². The molecule has 1 heterocycles. The van der Waals surface area contributed by atoms with Gasteiger partial charge in [-0.05, 0) is 17.7 Å². The maximum absolute atomic E-state index is 13.7. The summed E-state index contributed by atoms with van der Waals surface area (Å²) >= 11 is 0. The van der Waals surface area contributed by atoms with Crippen LogP contribution in [0.25, 0.3) is 0 Å². The van der Waals surface area contributed by atoms with Crippen LogP contribution in [0.15, 0.2) is 59.7 Å². The number of carbonyl (C=O) groups is 1. The number of hydrogen-bond donors (Lipinski definition) is 0. The number of para-hydroxylation sites is 1. The molecule has 4 heteroatoms. The van der Waals surface area contributed by atoms with E-state index >= 15 is 0 Å². The highest BCUT2D eigenvalue weighted by molar-refractivity contribution is 6.19. The van der Waals surface area contributed by atoms with Crippen molar-refractivity contribution in [3.63, 3.8) is 0 Å². The second-order valence-corrected chi connectivity index (χ2v) is 4.25. The Labute approximate surface area is 110 Å². The third-order valence-electron chi connectivity index (χ3n) is 2.96. The Balaban J connectivity index is 1.99. The van der Waals surface area contributed by atoms with Crippen molar-refractivity contribution in [2.24, 2.45) is 5.10 Å². The molecule has 0 aromatic heterocycles. The van der Waals surface area contributed by atoms with Crippen LogP contribution in [0, 0.1) is 5.82 Å². The summed E-state index contributed by atoms with van der Waals surface area (Å²) in [5.74, 6) is -0.669. The summed E-state index contributed by atoms with van der Waals surface area (Å²) in [7, 11) is 0. The van der Waals surface area contributed by atoms with E-state index in [1.807, 2.05) is 30.3 Å². The summed E-state index contributed by atoms with van der Waals surface area (Å²) in [6.45, 7) is 0. The van der Waals surface area contributed by atoms with Crippen LogP contribution in [0.1, 0.15) is 12.0 Å². The highest BCUT2D eigenvalue weighted by Gasteiger charge is 2.27. The summed E-state index contributed by atoms with van der Waals surface area (Å²) < 4.78 is 13.7. The number of rotatable bonds is 2. The molecule has 0 saturated heterocycles. The van der Waals surface area contributed by atoms with Gasteiger partial charge in [-0.25, -0.2) is 4.39 Å². The Bertz CT molecular complexity index is 652. The number of benzene rings is 2. The molecule has 2 aromatic rings. The molecule has 19 heavy (non-hydrogen) atoms. The van der Waals surface area contributed by atoms with Gasteiger partial charge < -0.3 is 0 Å². The van der Waals surface area contributed by atoms with Crippen LogP contribution in [0.5, 0.6) is 0 Å². The molecule has 0 radical (unpaired) electrons. The number of amides is 1. The monoisotopic (exact) mass is 254 g/mol. The maximum Gasteiger partial charge on any atom is 0.253 e. The highest BCUT2D eigenvalue weighted by atomic mass is 19.1. The van der Waals surface area contributed by atoms with Crippen molar-refractivity contribution < 1.29 is 9.18 Å². The molecule has 0 N–H and O–H groups in total. The van der Waals surface area contributed by atoms with Gasteiger partial charge in [0.15, 0.2) is 0 Å². The first-order chi connectivity index (χ1) is 9.25. The van der Waals surface area contributed by atoms with Crippen molar-refractivity contribution in [3.05, 3.63) is 66.0 Å². The van der Waals surface area contributed by atoms with Gasteiger partial charge in [0.1, 0.15) is 11.5 Å². The van der Waals surface area contributed by atoms with E-state index in [-0.39, 0.29) is 18.0 Å². The van der Waals surface area contributed by atoms with E-state index in [0.29, 0.717) is 5.71 Å². The molecule has 1 aliphatic heterocycles. The quantitative estimate of drug-likeness (QED) is 0.811. The molecule has 0 bridgehead atoms. The molecule has 0 unspecified atom stereocenters. The topological polar surface area (TPSA) is 32.7 Å². The number of carbonyl (C=O) groups excluding carboxylic acids is 1. The standard InChI is InChI=1S/C15H11FN2O/c16-12-8-4-5-9-14(12)18-15(19)10-13(17-18)11-6-2-1-3-7-11/h1-9H,10H2. The van der Waals surface area contributed by atoms with Gasteiger partial charge in [0.05, 0.1) is 12.1 Å². The lowest BCUT2D eigenvalue weighted by molar-refractivity contribution is -0.116. The molecule has 0 spiro atoms. The number of halogens is 1. The Hall–Kier alpha value is -2.49. The molecule has 1 amide bonds. The zero-order chi connectivity index (χ0) is 13.2. The van der Waals surface area contributed by atoms with Crippen LogP contribution >= 0.6 is 0 Å². The molecule has 1 aliphatic rings. The smallest absolute Gasteiger partial charge is 0.253 e. The van der Waals surface area contributed by atoms with Crippen molar-refractivity contribution >= 4 is 17.3 Å². The second-order valence-electron chi connectivity index (χ2n) is 4.25. The van der Waals surface area contributed by atoms with Gasteiger partial charge in [-0.1, -0.05) is 42.5 Å². The molecule has 0 fully saturated rings. The van der Waals surface area contributed by atoms with Crippen LogP contribution in [-0.2, 0) is 4.79 Å². The molecule has 0 atom stereocenters. The van der Waals surface area contributed by atoms with Gasteiger partial charge in [-0.2, -0.15) is 10.1 Å². The Morgan fingerprint density at radius 2 is 1.68 bits per heavy atom. The van der Waals surface area contributed by atoms with Gasteiger partial charge >= 0.3 is 0 Å². The molecule has 94 valence electrons. The zero-order valence-corrected chi connectivity index (χ0v) is 10.1. The van der Waals surface area contributed by atoms with Crippen molar-refractivity contribution in [3.8, 4) is 0 Å². The first kappa shape index (κ1) is 11.6. The van der Waals surface area contributed by atoms with Gasteiger partial charge in [-0.15, -0.1) is 0 Å². The van der Waals surface area contributed by atoms with E-state index in [1.54, 1.807) is 18.2 Å². The SMILES string of the molecule is O=C1CC(c2ccccc2)=NN1c1ccccc1F. The van der Waals surface area contributed by atoms with Crippen LogP contribution in [0.2, 0.25) is 0 Å². The third-order valence-corrected chi connectivity index (χ3v) is 2.96. The summed E-state index contributed by atoms with van der Waals surface area (Å²) in [5, 5.41) is 5.37. The fourth-order valence-corrected chi connectivity index (χ4v) is 2.03. The van der Waals surface area contributed by atoms with E-state index in [9.17, 15) is 9.18 Å².